The smallest absolute Gasteiger partial charge is 0.248 e. The second-order valence-corrected chi connectivity index (χ2v) is 5.58. The monoisotopic (exact) mass is 261 g/mol. The zero-order valence-electron chi connectivity index (χ0n) is 11.7. The quantitative estimate of drug-likeness (QED) is 0.856. The van der Waals surface area contributed by atoms with Crippen LogP contribution in [-0.4, -0.2) is 37.0 Å². The Labute approximate surface area is 115 Å². The van der Waals surface area contributed by atoms with Crippen LogP contribution in [0.3, 0.4) is 0 Å². The Balaban J connectivity index is 1.86. The number of nitrogens with zero attached hydrogens (tertiary/aromatic N) is 1. The third kappa shape index (κ3) is 3.78. The molecule has 4 heteroatoms. The summed E-state index contributed by atoms with van der Waals surface area (Å²) in [6.07, 6.45) is 1.19. The molecule has 4 nitrogen and oxygen atoms in total. The number of benzene rings is 1. The summed E-state index contributed by atoms with van der Waals surface area (Å²) in [5, 5.41) is 3.61. The van der Waals surface area contributed by atoms with Gasteiger partial charge in [-0.05, 0) is 43.6 Å². The fourth-order valence-electron chi connectivity index (χ4n) is 2.69. The van der Waals surface area contributed by atoms with Crippen LogP contribution >= 0.6 is 0 Å². The van der Waals surface area contributed by atoms with E-state index in [0.29, 0.717) is 17.5 Å². The Morgan fingerprint density at radius 3 is 2.68 bits per heavy atom. The highest BCUT2D eigenvalue weighted by Crippen LogP contribution is 2.16. The lowest BCUT2D eigenvalue weighted by molar-refractivity contribution is 0.100. The number of likely N-dealkylation sites (tertiary alicyclic amines) is 1. The minimum Gasteiger partial charge on any atom is -0.366 e. The van der Waals surface area contributed by atoms with Crippen LogP contribution in [-0.2, 0) is 6.54 Å². The van der Waals surface area contributed by atoms with Crippen molar-refractivity contribution < 1.29 is 4.79 Å². The van der Waals surface area contributed by atoms with E-state index >= 15 is 0 Å². The van der Waals surface area contributed by atoms with Gasteiger partial charge >= 0.3 is 0 Å². The third-order valence-electron chi connectivity index (χ3n) is 3.92. The topological polar surface area (TPSA) is 58.4 Å². The normalized spacial score (nSPS) is 24.3. The highest BCUT2D eigenvalue weighted by atomic mass is 16.1. The molecule has 0 saturated carbocycles. The van der Waals surface area contributed by atoms with E-state index in [0.717, 1.165) is 19.6 Å². The molecule has 0 spiro atoms. The summed E-state index contributed by atoms with van der Waals surface area (Å²) in [6.45, 7) is 5.45. The molecule has 2 rings (SSSR count). The van der Waals surface area contributed by atoms with Crippen LogP contribution in [0.15, 0.2) is 24.3 Å². The summed E-state index contributed by atoms with van der Waals surface area (Å²) in [5.74, 6) is 0.298. The van der Waals surface area contributed by atoms with Crippen LogP contribution in [0.25, 0.3) is 0 Å². The summed E-state index contributed by atoms with van der Waals surface area (Å²) >= 11 is 0. The van der Waals surface area contributed by atoms with Gasteiger partial charge in [0.1, 0.15) is 0 Å². The van der Waals surface area contributed by atoms with Gasteiger partial charge in [-0.1, -0.05) is 19.1 Å². The first kappa shape index (κ1) is 14.0. The van der Waals surface area contributed by atoms with E-state index in [9.17, 15) is 4.79 Å². The fraction of sp³-hybridized carbons (Fsp3) is 0.533. The molecule has 2 unspecified atom stereocenters. The zero-order valence-corrected chi connectivity index (χ0v) is 11.7. The molecule has 2 atom stereocenters. The van der Waals surface area contributed by atoms with Crippen LogP contribution in [0, 0.1) is 5.92 Å². The average molecular weight is 261 g/mol. The predicted molar refractivity (Wildman–Crippen MR) is 76.9 cm³/mol. The molecule has 0 bridgehead atoms. The van der Waals surface area contributed by atoms with Crippen LogP contribution in [0.5, 0.6) is 0 Å². The van der Waals surface area contributed by atoms with Crippen molar-refractivity contribution in [1.82, 2.24) is 10.2 Å². The van der Waals surface area contributed by atoms with E-state index in [1.165, 1.54) is 12.0 Å². The molecular formula is C15H23N3O. The SMILES string of the molecule is CC1CN(C)CCC1NCc1ccc(C(N)=O)cc1. The molecule has 1 aromatic carbocycles. The van der Waals surface area contributed by atoms with Gasteiger partial charge in [0.2, 0.25) is 5.91 Å². The molecule has 1 saturated heterocycles. The number of amides is 1. The Hall–Kier alpha value is -1.39. The first-order valence-electron chi connectivity index (χ1n) is 6.87. The van der Waals surface area contributed by atoms with Gasteiger partial charge in [0.15, 0.2) is 0 Å². The lowest BCUT2D eigenvalue weighted by atomic mass is 9.94. The number of primary amides is 1. The molecular weight excluding hydrogens is 238 g/mol. The van der Waals surface area contributed by atoms with E-state index in [1.807, 2.05) is 12.1 Å². The molecule has 19 heavy (non-hydrogen) atoms. The van der Waals surface area contributed by atoms with Gasteiger partial charge in [0.05, 0.1) is 0 Å². The number of nitrogens with one attached hydrogen (secondary N) is 1. The number of piperidine rings is 1. The molecule has 1 fully saturated rings. The lowest BCUT2D eigenvalue weighted by Crippen LogP contribution is -2.46. The van der Waals surface area contributed by atoms with Gasteiger partial charge in [-0.25, -0.2) is 0 Å². The summed E-state index contributed by atoms with van der Waals surface area (Å²) in [6, 6.07) is 8.08. The van der Waals surface area contributed by atoms with Crippen molar-refractivity contribution in [2.75, 3.05) is 20.1 Å². The Kier molecular flexibility index (Phi) is 4.56. The molecule has 1 amide bonds. The standard InChI is InChI=1S/C15H23N3O/c1-11-10-18(2)8-7-14(11)17-9-12-3-5-13(6-4-12)15(16)19/h3-6,11,14,17H,7-10H2,1-2H3,(H2,16,19). The van der Waals surface area contributed by atoms with Gasteiger partial charge in [-0.3, -0.25) is 4.79 Å². The summed E-state index contributed by atoms with van der Waals surface area (Å²) < 4.78 is 0. The highest BCUT2D eigenvalue weighted by Gasteiger charge is 2.23. The van der Waals surface area contributed by atoms with Crippen molar-refractivity contribution >= 4 is 5.91 Å². The first-order chi connectivity index (χ1) is 9.06. The Morgan fingerprint density at radius 1 is 1.42 bits per heavy atom. The van der Waals surface area contributed by atoms with Gasteiger partial charge in [-0.15, -0.1) is 0 Å². The Bertz CT molecular complexity index is 430. The second-order valence-electron chi connectivity index (χ2n) is 5.58. The highest BCUT2D eigenvalue weighted by molar-refractivity contribution is 5.92. The predicted octanol–water partition coefficient (Wildman–Crippen LogP) is 1.22. The van der Waals surface area contributed by atoms with Crippen LogP contribution < -0.4 is 11.1 Å². The molecule has 1 aliphatic rings. The number of nitrogens with two attached hydrogens (primary N) is 1. The van der Waals surface area contributed by atoms with Crippen molar-refractivity contribution in [3.05, 3.63) is 35.4 Å². The fourth-order valence-corrected chi connectivity index (χ4v) is 2.69. The van der Waals surface area contributed by atoms with Crippen molar-refractivity contribution in [3.63, 3.8) is 0 Å². The van der Waals surface area contributed by atoms with Crippen LogP contribution in [0.4, 0.5) is 0 Å². The van der Waals surface area contributed by atoms with Crippen LogP contribution in [0.2, 0.25) is 0 Å². The maximum atomic E-state index is 11.0. The van der Waals surface area contributed by atoms with Gasteiger partial charge in [0.25, 0.3) is 0 Å². The molecule has 1 aliphatic heterocycles. The number of carbonyl (C=O) groups excluding carboxylic acids is 1. The minimum absolute atomic E-state index is 0.372. The van der Waals surface area contributed by atoms with Crippen molar-refractivity contribution in [3.8, 4) is 0 Å². The van der Waals surface area contributed by atoms with Crippen LogP contribution in [0.1, 0.15) is 29.3 Å². The first-order valence-corrected chi connectivity index (χ1v) is 6.87. The molecule has 104 valence electrons. The molecule has 0 radical (unpaired) electrons. The average Bonchev–Trinajstić information content (AvgIpc) is 2.38. The van der Waals surface area contributed by atoms with E-state index in [1.54, 1.807) is 12.1 Å². The summed E-state index contributed by atoms with van der Waals surface area (Å²) in [7, 11) is 2.18. The molecule has 0 aromatic heterocycles. The number of hydrogen-bond acceptors (Lipinski definition) is 3. The second kappa shape index (κ2) is 6.17. The van der Waals surface area contributed by atoms with Crippen molar-refractivity contribution in [2.45, 2.75) is 25.9 Å². The third-order valence-corrected chi connectivity index (χ3v) is 3.92. The molecule has 0 aliphatic carbocycles. The zero-order chi connectivity index (χ0) is 13.8. The maximum absolute atomic E-state index is 11.0. The Morgan fingerprint density at radius 2 is 2.11 bits per heavy atom. The van der Waals surface area contributed by atoms with Crippen molar-refractivity contribution in [1.29, 1.82) is 0 Å². The summed E-state index contributed by atoms with van der Waals surface area (Å²) in [4.78, 5) is 13.4. The largest absolute Gasteiger partial charge is 0.366 e. The minimum atomic E-state index is -0.372. The van der Waals surface area contributed by atoms with Crippen molar-refractivity contribution in [2.24, 2.45) is 11.7 Å². The number of carbonyl (C=O) groups is 1. The molecule has 1 aromatic rings. The van der Waals surface area contributed by atoms with Gasteiger partial charge in [0, 0.05) is 24.7 Å². The van der Waals surface area contributed by atoms with E-state index in [-0.39, 0.29) is 5.91 Å². The van der Waals surface area contributed by atoms with E-state index in [4.69, 9.17) is 5.73 Å². The van der Waals surface area contributed by atoms with E-state index in [2.05, 4.69) is 24.2 Å². The van der Waals surface area contributed by atoms with Gasteiger partial charge < -0.3 is 16.0 Å². The molecule has 3 N–H and O–H groups in total. The number of hydrogen-bond donors (Lipinski definition) is 2. The number of rotatable bonds is 4. The summed E-state index contributed by atoms with van der Waals surface area (Å²) in [5.41, 5.74) is 6.98. The van der Waals surface area contributed by atoms with E-state index < -0.39 is 0 Å². The van der Waals surface area contributed by atoms with Gasteiger partial charge in [-0.2, -0.15) is 0 Å². The molecule has 1 heterocycles. The maximum Gasteiger partial charge on any atom is 0.248 e. The lowest BCUT2D eigenvalue weighted by Gasteiger charge is -2.35.